The van der Waals surface area contributed by atoms with E-state index in [4.69, 9.17) is 5.73 Å². The van der Waals surface area contributed by atoms with Crippen molar-refractivity contribution in [1.29, 1.82) is 0 Å². The van der Waals surface area contributed by atoms with Crippen molar-refractivity contribution < 1.29 is 4.92 Å². The number of fused-ring (bicyclic) bond motifs is 1. The normalized spacial score (nSPS) is 17.6. The molecule has 0 saturated carbocycles. The largest absolute Gasteiger partial charge is 0.366 e. The first-order chi connectivity index (χ1) is 10.6. The number of benzene rings is 1. The number of nitrogens with two attached hydrogens (primary N) is 1. The van der Waals surface area contributed by atoms with Crippen molar-refractivity contribution in [1.82, 2.24) is 4.98 Å². The quantitative estimate of drug-likeness (QED) is 0.696. The van der Waals surface area contributed by atoms with Gasteiger partial charge < -0.3 is 10.6 Å². The Bertz CT molecular complexity index is 694. The van der Waals surface area contributed by atoms with Gasteiger partial charge in [0.05, 0.1) is 15.8 Å². The van der Waals surface area contributed by atoms with Crippen LogP contribution in [0.15, 0.2) is 30.5 Å². The minimum Gasteiger partial charge on any atom is -0.366 e. The Morgan fingerprint density at radius 2 is 2.09 bits per heavy atom. The molecule has 1 saturated heterocycles. The van der Waals surface area contributed by atoms with Gasteiger partial charge in [-0.2, -0.15) is 0 Å². The molecule has 1 fully saturated rings. The highest BCUT2D eigenvalue weighted by Gasteiger charge is 2.27. The van der Waals surface area contributed by atoms with Crippen LogP contribution in [-0.2, 0) is 0 Å². The van der Waals surface area contributed by atoms with Gasteiger partial charge >= 0.3 is 5.69 Å². The van der Waals surface area contributed by atoms with E-state index >= 15 is 0 Å². The van der Waals surface area contributed by atoms with Crippen LogP contribution in [0.5, 0.6) is 0 Å². The number of hydrogen-bond donors (Lipinski definition) is 1. The molecule has 0 bridgehead atoms. The van der Waals surface area contributed by atoms with Crippen molar-refractivity contribution in [2.75, 3.05) is 18.0 Å². The summed E-state index contributed by atoms with van der Waals surface area (Å²) in [5.41, 5.74) is 7.47. The minimum absolute atomic E-state index is 0.157. The number of anilines is 1. The third kappa shape index (κ3) is 2.62. The van der Waals surface area contributed by atoms with Gasteiger partial charge in [-0.25, -0.2) is 0 Å². The van der Waals surface area contributed by atoms with E-state index in [0.29, 0.717) is 22.5 Å². The molecular weight excluding hydrogens is 280 g/mol. The lowest BCUT2D eigenvalue weighted by molar-refractivity contribution is -0.382. The lowest BCUT2D eigenvalue weighted by Crippen LogP contribution is -2.39. The van der Waals surface area contributed by atoms with Gasteiger partial charge in [0.1, 0.15) is 5.69 Å². The van der Waals surface area contributed by atoms with Crippen LogP contribution in [0.1, 0.15) is 19.8 Å². The summed E-state index contributed by atoms with van der Waals surface area (Å²) in [6, 6.07) is 7.35. The summed E-state index contributed by atoms with van der Waals surface area (Å²) in [7, 11) is 0. The van der Waals surface area contributed by atoms with Crippen molar-refractivity contribution in [3.8, 4) is 0 Å². The Kier molecular flexibility index (Phi) is 3.94. The third-order valence-electron chi connectivity index (χ3n) is 4.54. The first kappa shape index (κ1) is 14.7. The second kappa shape index (κ2) is 5.88. The summed E-state index contributed by atoms with van der Waals surface area (Å²) in [4.78, 5) is 17.6. The predicted molar refractivity (Wildman–Crippen MR) is 87.0 cm³/mol. The van der Waals surface area contributed by atoms with Crippen molar-refractivity contribution in [2.24, 2.45) is 11.7 Å². The molecule has 22 heavy (non-hydrogen) atoms. The van der Waals surface area contributed by atoms with E-state index in [-0.39, 0.29) is 16.7 Å². The summed E-state index contributed by atoms with van der Waals surface area (Å²) in [5.74, 6) is 0.498. The van der Waals surface area contributed by atoms with Crippen LogP contribution in [-0.4, -0.2) is 29.0 Å². The second-order valence-electron chi connectivity index (χ2n) is 5.94. The van der Waals surface area contributed by atoms with Crippen LogP contribution in [0, 0.1) is 16.0 Å². The molecule has 116 valence electrons. The monoisotopic (exact) mass is 300 g/mol. The first-order valence-electron chi connectivity index (χ1n) is 7.60. The molecule has 6 heteroatoms. The van der Waals surface area contributed by atoms with Crippen LogP contribution >= 0.6 is 0 Å². The van der Waals surface area contributed by atoms with Gasteiger partial charge in [0.2, 0.25) is 0 Å². The van der Waals surface area contributed by atoms with Gasteiger partial charge in [-0.15, -0.1) is 0 Å². The summed E-state index contributed by atoms with van der Waals surface area (Å²) < 4.78 is 0. The number of piperidine rings is 1. The van der Waals surface area contributed by atoms with E-state index in [1.54, 1.807) is 18.3 Å². The van der Waals surface area contributed by atoms with Crippen molar-refractivity contribution >= 4 is 22.3 Å². The molecule has 1 aromatic carbocycles. The molecule has 2 heterocycles. The summed E-state index contributed by atoms with van der Waals surface area (Å²) in [6.45, 7) is 3.64. The molecule has 0 amide bonds. The van der Waals surface area contributed by atoms with E-state index in [0.717, 1.165) is 25.9 Å². The molecule has 1 unspecified atom stereocenters. The Hall–Kier alpha value is -2.21. The Morgan fingerprint density at radius 3 is 2.73 bits per heavy atom. The first-order valence-corrected chi connectivity index (χ1v) is 7.60. The number of nitro benzene ring substituents is 1. The standard InChI is InChI=1S/C16H20N4O2/c1-11(17)12-6-9-19(10-7-12)15-5-4-14-13(3-2-8-18-14)16(15)20(21)22/h2-5,8,11-12H,6-7,9-10,17H2,1H3. The predicted octanol–water partition coefficient (Wildman–Crippen LogP) is 2.71. The van der Waals surface area contributed by atoms with Crippen molar-refractivity contribution in [3.05, 3.63) is 40.6 Å². The molecule has 2 N–H and O–H groups in total. The maximum Gasteiger partial charge on any atom is 0.301 e. The van der Waals surface area contributed by atoms with E-state index in [1.165, 1.54) is 0 Å². The van der Waals surface area contributed by atoms with Crippen molar-refractivity contribution in [2.45, 2.75) is 25.8 Å². The molecule has 1 aromatic heterocycles. The zero-order valence-corrected chi connectivity index (χ0v) is 12.6. The van der Waals surface area contributed by atoms with Gasteiger partial charge in [-0.05, 0) is 49.9 Å². The highest BCUT2D eigenvalue weighted by atomic mass is 16.6. The topological polar surface area (TPSA) is 85.3 Å². The van der Waals surface area contributed by atoms with Crippen LogP contribution in [0.2, 0.25) is 0 Å². The fourth-order valence-electron chi connectivity index (χ4n) is 3.24. The van der Waals surface area contributed by atoms with E-state index in [2.05, 4.69) is 9.88 Å². The van der Waals surface area contributed by atoms with Gasteiger partial charge in [0.15, 0.2) is 0 Å². The number of nitrogens with zero attached hydrogens (tertiary/aromatic N) is 3. The van der Waals surface area contributed by atoms with E-state index in [1.807, 2.05) is 19.1 Å². The maximum absolute atomic E-state index is 11.6. The van der Waals surface area contributed by atoms with Crippen LogP contribution in [0.3, 0.4) is 0 Å². The summed E-state index contributed by atoms with van der Waals surface area (Å²) in [5, 5.41) is 12.2. The molecule has 6 nitrogen and oxygen atoms in total. The zero-order valence-electron chi connectivity index (χ0n) is 12.6. The SMILES string of the molecule is CC(N)C1CCN(c2ccc3ncccc3c2[N+](=O)[O-])CC1. The maximum atomic E-state index is 11.6. The molecule has 1 atom stereocenters. The average molecular weight is 300 g/mol. The fourth-order valence-corrected chi connectivity index (χ4v) is 3.24. The number of hydrogen-bond acceptors (Lipinski definition) is 5. The van der Waals surface area contributed by atoms with E-state index < -0.39 is 0 Å². The molecule has 3 rings (SSSR count). The lowest BCUT2D eigenvalue weighted by Gasteiger charge is -2.35. The van der Waals surface area contributed by atoms with Gasteiger partial charge in [-0.1, -0.05) is 0 Å². The van der Waals surface area contributed by atoms with E-state index in [9.17, 15) is 10.1 Å². The number of nitro groups is 1. The molecule has 0 aliphatic carbocycles. The lowest BCUT2D eigenvalue weighted by atomic mass is 9.90. The number of rotatable bonds is 3. The molecule has 0 spiro atoms. The number of pyridine rings is 1. The Labute approximate surface area is 129 Å². The Morgan fingerprint density at radius 1 is 1.36 bits per heavy atom. The van der Waals surface area contributed by atoms with Crippen molar-refractivity contribution in [3.63, 3.8) is 0 Å². The third-order valence-corrected chi connectivity index (χ3v) is 4.54. The molecule has 1 aliphatic heterocycles. The zero-order chi connectivity index (χ0) is 15.7. The molecule has 1 aliphatic rings. The second-order valence-corrected chi connectivity index (χ2v) is 5.94. The summed E-state index contributed by atoms with van der Waals surface area (Å²) in [6.07, 6.45) is 3.60. The van der Waals surface area contributed by atoms with Crippen LogP contribution in [0.25, 0.3) is 10.9 Å². The fraction of sp³-hybridized carbons (Fsp3) is 0.438. The average Bonchev–Trinajstić information content (AvgIpc) is 2.53. The van der Waals surface area contributed by atoms with Crippen LogP contribution in [0.4, 0.5) is 11.4 Å². The van der Waals surface area contributed by atoms with Gasteiger partial charge in [0.25, 0.3) is 0 Å². The molecular formula is C16H20N4O2. The van der Waals surface area contributed by atoms with Crippen LogP contribution < -0.4 is 10.6 Å². The molecule has 0 radical (unpaired) electrons. The highest BCUT2D eigenvalue weighted by molar-refractivity contribution is 5.94. The van der Waals surface area contributed by atoms with Gasteiger partial charge in [-0.3, -0.25) is 15.1 Å². The highest BCUT2D eigenvalue weighted by Crippen LogP contribution is 2.37. The molecule has 2 aromatic rings. The Balaban J connectivity index is 1.97. The smallest absolute Gasteiger partial charge is 0.301 e. The summed E-state index contributed by atoms with van der Waals surface area (Å²) >= 11 is 0. The number of aromatic nitrogens is 1. The van der Waals surface area contributed by atoms with Gasteiger partial charge in [0, 0.05) is 25.3 Å². The minimum atomic E-state index is -0.295.